The summed E-state index contributed by atoms with van der Waals surface area (Å²) in [4.78, 5) is 1.51. The molecule has 0 aromatic heterocycles. The Labute approximate surface area is 64.7 Å². The van der Waals surface area contributed by atoms with Crippen molar-refractivity contribution in [3.8, 4) is 0 Å². The minimum Gasteiger partial charge on any atom is -0.493 e. The van der Waals surface area contributed by atoms with Crippen molar-refractivity contribution in [2.45, 2.75) is 0 Å². The molecule has 1 heterocycles. The van der Waals surface area contributed by atoms with E-state index in [0.717, 1.165) is 0 Å². The zero-order valence-corrected chi connectivity index (χ0v) is 6.64. The van der Waals surface area contributed by atoms with Crippen molar-refractivity contribution in [3.05, 3.63) is 12.1 Å². The van der Waals surface area contributed by atoms with E-state index in [1.165, 1.54) is 11.1 Å². The van der Waals surface area contributed by atoms with Crippen molar-refractivity contribution in [2.75, 3.05) is 14.1 Å². The highest BCUT2D eigenvalue weighted by Crippen LogP contribution is 2.04. The Morgan fingerprint density at radius 3 is 2.70 bits per heavy atom. The number of hydrogen-bond donors (Lipinski definition) is 2. The van der Waals surface area contributed by atoms with Crippen LogP contribution in [0.5, 0.6) is 0 Å². The van der Waals surface area contributed by atoms with E-state index in [0.29, 0.717) is 5.11 Å². The molecule has 5 heteroatoms. The Hall–Kier alpha value is -0.970. The van der Waals surface area contributed by atoms with Crippen molar-refractivity contribution in [1.29, 1.82) is 0 Å². The van der Waals surface area contributed by atoms with Crippen LogP contribution in [0.2, 0.25) is 0 Å². The molecule has 1 rings (SSSR count). The molecular weight excluding hydrogens is 150 g/mol. The van der Waals surface area contributed by atoms with E-state index in [2.05, 4.69) is 5.43 Å². The lowest BCUT2D eigenvalue weighted by Crippen LogP contribution is -2.48. The Morgan fingerprint density at radius 2 is 2.20 bits per heavy atom. The molecule has 0 unspecified atom stereocenters. The minimum atomic E-state index is 0.128. The van der Waals surface area contributed by atoms with E-state index in [-0.39, 0.29) is 5.88 Å². The highest BCUT2D eigenvalue weighted by atomic mass is 32.1. The van der Waals surface area contributed by atoms with Crippen molar-refractivity contribution in [3.63, 3.8) is 0 Å². The predicted octanol–water partition coefficient (Wildman–Crippen LogP) is 0.01000. The number of aliphatic hydroxyl groups excluding tert-OH is 1. The number of rotatable bonds is 0. The van der Waals surface area contributed by atoms with Gasteiger partial charge in [0, 0.05) is 14.1 Å². The van der Waals surface area contributed by atoms with Gasteiger partial charge >= 0.3 is 0 Å². The molecule has 0 bridgehead atoms. The van der Waals surface area contributed by atoms with Gasteiger partial charge in [0.15, 0.2) is 5.11 Å². The van der Waals surface area contributed by atoms with E-state index in [1.807, 2.05) is 0 Å². The van der Waals surface area contributed by atoms with E-state index in [4.69, 9.17) is 17.3 Å². The zero-order valence-electron chi connectivity index (χ0n) is 5.83. The van der Waals surface area contributed by atoms with Gasteiger partial charge in [0.2, 0.25) is 5.88 Å². The first kappa shape index (κ1) is 7.14. The lowest BCUT2D eigenvalue weighted by molar-refractivity contribution is 0.241. The Balaban J connectivity index is 2.81. The number of thiocarbonyl (C=S) groups is 1. The standard InChI is InChI=1S/C5H9N3OS/c1-7-4(9)3-6-8(2)5(7)10/h3,6,9H,1-2H3. The first-order chi connectivity index (χ1) is 4.63. The first-order valence-corrected chi connectivity index (χ1v) is 3.20. The molecule has 0 fully saturated rings. The van der Waals surface area contributed by atoms with Gasteiger partial charge in [-0.25, -0.2) is 0 Å². The molecule has 0 aliphatic carbocycles. The van der Waals surface area contributed by atoms with Crippen LogP contribution in [0.3, 0.4) is 0 Å². The largest absolute Gasteiger partial charge is 0.493 e. The van der Waals surface area contributed by atoms with Crippen LogP contribution in [0.25, 0.3) is 0 Å². The fourth-order valence-corrected chi connectivity index (χ4v) is 0.776. The second-order valence-electron chi connectivity index (χ2n) is 2.03. The topological polar surface area (TPSA) is 38.7 Å². The molecule has 0 saturated carbocycles. The molecule has 0 aromatic rings. The van der Waals surface area contributed by atoms with Crippen molar-refractivity contribution < 1.29 is 5.11 Å². The maximum Gasteiger partial charge on any atom is 0.211 e. The lowest BCUT2D eigenvalue weighted by Gasteiger charge is -2.31. The van der Waals surface area contributed by atoms with E-state index < -0.39 is 0 Å². The molecule has 10 heavy (non-hydrogen) atoms. The quantitative estimate of drug-likeness (QED) is 0.487. The van der Waals surface area contributed by atoms with Crippen LogP contribution >= 0.6 is 12.2 Å². The molecule has 4 nitrogen and oxygen atoms in total. The van der Waals surface area contributed by atoms with Crippen molar-refractivity contribution >= 4 is 17.3 Å². The average molecular weight is 159 g/mol. The van der Waals surface area contributed by atoms with Gasteiger partial charge in [-0.1, -0.05) is 0 Å². The maximum atomic E-state index is 9.08. The fraction of sp³-hybridized carbons (Fsp3) is 0.400. The van der Waals surface area contributed by atoms with Gasteiger partial charge in [0.05, 0.1) is 6.20 Å². The van der Waals surface area contributed by atoms with Gasteiger partial charge in [0.25, 0.3) is 0 Å². The number of nitrogens with zero attached hydrogens (tertiary/aromatic N) is 2. The van der Waals surface area contributed by atoms with Crippen LogP contribution in [-0.2, 0) is 0 Å². The molecule has 2 N–H and O–H groups in total. The predicted molar refractivity (Wildman–Crippen MR) is 42.0 cm³/mol. The number of hydrogen-bond acceptors (Lipinski definition) is 3. The third-order valence-electron chi connectivity index (χ3n) is 1.30. The van der Waals surface area contributed by atoms with Crippen LogP contribution in [0.4, 0.5) is 0 Å². The van der Waals surface area contributed by atoms with Crippen LogP contribution in [-0.4, -0.2) is 34.2 Å². The Morgan fingerprint density at radius 1 is 1.60 bits per heavy atom. The van der Waals surface area contributed by atoms with Crippen LogP contribution in [0, 0.1) is 0 Å². The number of nitrogens with one attached hydrogen (secondary N) is 1. The fourth-order valence-electron chi connectivity index (χ4n) is 0.630. The van der Waals surface area contributed by atoms with Crippen molar-refractivity contribution in [2.24, 2.45) is 0 Å². The van der Waals surface area contributed by atoms with Gasteiger partial charge in [-0.15, -0.1) is 0 Å². The molecule has 0 spiro atoms. The average Bonchev–Trinajstić information content (AvgIpc) is 1.93. The molecule has 0 aromatic carbocycles. The van der Waals surface area contributed by atoms with Crippen LogP contribution in [0.15, 0.2) is 12.1 Å². The van der Waals surface area contributed by atoms with Gasteiger partial charge in [0.1, 0.15) is 0 Å². The molecule has 0 radical (unpaired) electrons. The summed E-state index contributed by atoms with van der Waals surface area (Å²) in [5.41, 5.74) is 2.75. The molecule has 0 saturated heterocycles. The number of aliphatic hydroxyl groups is 1. The lowest BCUT2D eigenvalue weighted by atomic mass is 10.6. The van der Waals surface area contributed by atoms with E-state index in [9.17, 15) is 0 Å². The SMILES string of the molecule is CN1NC=C(O)N(C)C1=S. The van der Waals surface area contributed by atoms with Gasteiger partial charge < -0.3 is 5.11 Å². The second-order valence-corrected chi connectivity index (χ2v) is 2.40. The molecule has 0 amide bonds. The Bertz CT molecular complexity index is 191. The molecule has 56 valence electrons. The summed E-state index contributed by atoms with van der Waals surface area (Å²) >= 11 is 4.92. The highest BCUT2D eigenvalue weighted by Gasteiger charge is 2.16. The van der Waals surface area contributed by atoms with Gasteiger partial charge in [-0.05, 0) is 12.2 Å². The molecular formula is C5H9N3OS. The van der Waals surface area contributed by atoms with Crippen molar-refractivity contribution in [1.82, 2.24) is 15.3 Å². The van der Waals surface area contributed by atoms with Gasteiger partial charge in [-0.3, -0.25) is 15.3 Å². The summed E-state index contributed by atoms with van der Waals surface area (Å²) in [6.07, 6.45) is 1.47. The third kappa shape index (κ3) is 0.995. The second kappa shape index (κ2) is 2.34. The summed E-state index contributed by atoms with van der Waals surface area (Å²) in [6, 6.07) is 0. The van der Waals surface area contributed by atoms with Crippen LogP contribution < -0.4 is 5.43 Å². The summed E-state index contributed by atoms with van der Waals surface area (Å²) < 4.78 is 0. The molecule has 0 atom stereocenters. The van der Waals surface area contributed by atoms with E-state index in [1.54, 1.807) is 19.1 Å². The Kier molecular flexibility index (Phi) is 1.67. The maximum absolute atomic E-state index is 9.08. The minimum absolute atomic E-state index is 0.128. The summed E-state index contributed by atoms with van der Waals surface area (Å²) in [6.45, 7) is 0. The molecule has 1 aliphatic heterocycles. The van der Waals surface area contributed by atoms with Gasteiger partial charge in [-0.2, -0.15) is 0 Å². The summed E-state index contributed by atoms with van der Waals surface area (Å²) in [7, 11) is 3.48. The molecule has 1 aliphatic rings. The monoisotopic (exact) mass is 159 g/mol. The third-order valence-corrected chi connectivity index (χ3v) is 1.85. The van der Waals surface area contributed by atoms with E-state index >= 15 is 0 Å². The first-order valence-electron chi connectivity index (χ1n) is 2.79. The summed E-state index contributed by atoms with van der Waals surface area (Å²) in [5, 5.41) is 11.3. The summed E-state index contributed by atoms with van der Waals surface area (Å²) in [5.74, 6) is 0.128. The van der Waals surface area contributed by atoms with Crippen LogP contribution in [0.1, 0.15) is 0 Å². The smallest absolute Gasteiger partial charge is 0.211 e. The number of hydrazine groups is 1. The highest BCUT2D eigenvalue weighted by molar-refractivity contribution is 7.80. The normalized spacial score (nSPS) is 18.6. The zero-order chi connectivity index (χ0) is 7.72.